The lowest BCUT2D eigenvalue weighted by atomic mass is 10.0. The SMILES string of the molecule is C=C(/N=C1\C(=C/C)C=C(Oc2cccc(OC)c2)C(=O)N1C1CC1)NN1CC2CCCC2C1. The molecule has 0 bridgehead atoms. The second kappa shape index (κ2) is 9.06. The summed E-state index contributed by atoms with van der Waals surface area (Å²) in [4.78, 5) is 20.0. The third-order valence-corrected chi connectivity index (χ3v) is 6.95. The molecule has 1 aromatic rings. The summed E-state index contributed by atoms with van der Waals surface area (Å²) < 4.78 is 11.3. The molecule has 2 unspecified atom stereocenters. The molecule has 1 saturated heterocycles. The lowest BCUT2D eigenvalue weighted by Crippen LogP contribution is -2.45. The number of allylic oxidation sites excluding steroid dienone is 1. The predicted octanol–water partition coefficient (Wildman–Crippen LogP) is 4.02. The number of amidine groups is 1. The highest BCUT2D eigenvalue weighted by Gasteiger charge is 2.42. The van der Waals surface area contributed by atoms with Crippen LogP contribution in [0.1, 0.15) is 39.0 Å². The number of ether oxygens (including phenoxy) is 2. The van der Waals surface area contributed by atoms with E-state index in [1.807, 2.05) is 31.2 Å². The maximum atomic E-state index is 13.4. The van der Waals surface area contributed by atoms with Gasteiger partial charge in [0.15, 0.2) is 5.76 Å². The van der Waals surface area contributed by atoms with Gasteiger partial charge in [0.2, 0.25) is 0 Å². The maximum absolute atomic E-state index is 13.4. The topological polar surface area (TPSA) is 66.4 Å². The number of fused-ring (bicyclic) bond motifs is 1. The molecule has 5 rings (SSSR count). The van der Waals surface area contributed by atoms with Gasteiger partial charge in [0.1, 0.15) is 23.2 Å². The number of nitrogens with one attached hydrogen (secondary N) is 1. The zero-order valence-electron chi connectivity index (χ0n) is 19.4. The van der Waals surface area contributed by atoms with E-state index in [4.69, 9.17) is 14.5 Å². The second-order valence-corrected chi connectivity index (χ2v) is 9.29. The van der Waals surface area contributed by atoms with Crippen LogP contribution in [-0.4, -0.2) is 47.9 Å². The highest BCUT2D eigenvalue weighted by atomic mass is 16.5. The molecule has 174 valence electrons. The quantitative estimate of drug-likeness (QED) is 0.683. The van der Waals surface area contributed by atoms with Crippen molar-refractivity contribution in [3.63, 3.8) is 0 Å². The van der Waals surface area contributed by atoms with Crippen LogP contribution in [0.4, 0.5) is 0 Å². The largest absolute Gasteiger partial charge is 0.497 e. The number of methoxy groups -OCH3 is 1. The monoisotopic (exact) mass is 448 g/mol. The van der Waals surface area contributed by atoms with Gasteiger partial charge in [0.25, 0.3) is 5.91 Å². The molecular weight excluding hydrogens is 416 g/mol. The molecule has 1 N–H and O–H groups in total. The first-order chi connectivity index (χ1) is 16.1. The first-order valence-corrected chi connectivity index (χ1v) is 11.9. The number of benzene rings is 1. The first kappa shape index (κ1) is 21.8. The van der Waals surface area contributed by atoms with E-state index in [1.54, 1.807) is 24.2 Å². The van der Waals surface area contributed by atoms with Gasteiger partial charge in [-0.2, -0.15) is 0 Å². The van der Waals surface area contributed by atoms with Crippen molar-refractivity contribution < 1.29 is 14.3 Å². The normalized spacial score (nSPS) is 27.6. The van der Waals surface area contributed by atoms with Gasteiger partial charge in [-0.25, -0.2) is 10.0 Å². The fraction of sp³-hybridized carbons (Fsp3) is 0.462. The highest BCUT2D eigenvalue weighted by Crippen LogP contribution is 2.37. The van der Waals surface area contributed by atoms with Gasteiger partial charge in [-0.3, -0.25) is 9.69 Å². The summed E-state index contributed by atoms with van der Waals surface area (Å²) in [6.07, 6.45) is 9.64. The van der Waals surface area contributed by atoms with Gasteiger partial charge in [-0.15, -0.1) is 0 Å². The summed E-state index contributed by atoms with van der Waals surface area (Å²) in [5.41, 5.74) is 4.23. The Morgan fingerprint density at radius 3 is 2.58 bits per heavy atom. The Morgan fingerprint density at radius 1 is 1.18 bits per heavy atom. The summed E-state index contributed by atoms with van der Waals surface area (Å²) in [6, 6.07) is 7.41. The zero-order chi connectivity index (χ0) is 22.9. The minimum Gasteiger partial charge on any atom is -0.497 e. The van der Waals surface area contributed by atoms with E-state index in [0.717, 1.165) is 43.3 Å². The van der Waals surface area contributed by atoms with E-state index >= 15 is 0 Å². The molecule has 2 saturated carbocycles. The van der Waals surface area contributed by atoms with Crippen LogP contribution in [-0.2, 0) is 4.79 Å². The molecule has 3 fully saturated rings. The van der Waals surface area contributed by atoms with Gasteiger partial charge < -0.3 is 14.9 Å². The van der Waals surface area contributed by atoms with Crippen LogP contribution in [0.25, 0.3) is 0 Å². The van der Waals surface area contributed by atoms with Crippen molar-refractivity contribution in [2.24, 2.45) is 16.8 Å². The number of carbonyl (C=O) groups excluding carboxylic acids is 1. The van der Waals surface area contributed by atoms with Crippen molar-refractivity contribution in [2.45, 2.75) is 45.1 Å². The molecule has 0 radical (unpaired) electrons. The van der Waals surface area contributed by atoms with E-state index in [9.17, 15) is 4.79 Å². The van der Waals surface area contributed by atoms with Crippen LogP contribution in [0.3, 0.4) is 0 Å². The number of rotatable bonds is 7. The number of carbonyl (C=O) groups is 1. The molecule has 2 atom stereocenters. The van der Waals surface area contributed by atoms with Crippen LogP contribution in [0.5, 0.6) is 11.5 Å². The van der Waals surface area contributed by atoms with E-state index in [2.05, 4.69) is 17.0 Å². The number of hydrogen-bond acceptors (Lipinski definition) is 6. The van der Waals surface area contributed by atoms with Crippen molar-refractivity contribution in [3.05, 3.63) is 60.1 Å². The standard InChI is InChI=1S/C26H32N4O3/c1-4-18-13-24(33-23-10-6-9-22(14-23)32-3)26(31)30(21-11-12-21)25(18)27-17(2)28-29-15-19-7-5-8-20(19)16-29/h4,6,9-10,13-14,19-21,28H,2,5,7-8,11-12,15-16H2,1,3H3/b18-4-,27-25+. The van der Waals surface area contributed by atoms with Gasteiger partial charge in [0, 0.05) is 30.8 Å². The molecule has 0 aromatic heterocycles. The van der Waals surface area contributed by atoms with Crippen molar-refractivity contribution in [3.8, 4) is 11.5 Å². The number of amides is 1. The molecule has 7 heteroatoms. The van der Waals surface area contributed by atoms with Gasteiger partial charge in [-0.1, -0.05) is 25.1 Å². The predicted molar refractivity (Wildman–Crippen MR) is 127 cm³/mol. The van der Waals surface area contributed by atoms with Crippen molar-refractivity contribution in [1.29, 1.82) is 0 Å². The van der Waals surface area contributed by atoms with E-state index in [-0.39, 0.29) is 17.7 Å². The number of hydrogen-bond donors (Lipinski definition) is 1. The van der Waals surface area contributed by atoms with Crippen LogP contribution in [0, 0.1) is 11.8 Å². The average Bonchev–Trinajstić information content (AvgIpc) is 3.43. The molecule has 2 aliphatic heterocycles. The molecule has 2 heterocycles. The van der Waals surface area contributed by atoms with Crippen LogP contribution >= 0.6 is 0 Å². The van der Waals surface area contributed by atoms with Crippen LogP contribution in [0.15, 0.2) is 65.1 Å². The zero-order valence-corrected chi connectivity index (χ0v) is 19.4. The molecule has 33 heavy (non-hydrogen) atoms. The maximum Gasteiger partial charge on any atom is 0.295 e. The van der Waals surface area contributed by atoms with Gasteiger partial charge in [-0.05, 0) is 62.7 Å². The van der Waals surface area contributed by atoms with Crippen molar-refractivity contribution >= 4 is 11.7 Å². The third kappa shape index (κ3) is 4.55. The Morgan fingerprint density at radius 2 is 1.91 bits per heavy atom. The molecule has 0 spiro atoms. The Kier molecular flexibility index (Phi) is 5.98. The molecular formula is C26H32N4O3. The van der Waals surface area contributed by atoms with Gasteiger partial charge in [0.05, 0.1) is 7.11 Å². The molecule has 4 aliphatic rings. The molecule has 7 nitrogen and oxygen atoms in total. The Balaban J connectivity index is 1.36. The minimum atomic E-state index is -0.173. The summed E-state index contributed by atoms with van der Waals surface area (Å²) >= 11 is 0. The van der Waals surface area contributed by atoms with E-state index in [1.165, 1.54) is 19.3 Å². The lowest BCUT2D eigenvalue weighted by molar-refractivity contribution is -0.126. The fourth-order valence-corrected chi connectivity index (χ4v) is 5.15. The number of aliphatic imine (C=N–C) groups is 1. The first-order valence-electron chi connectivity index (χ1n) is 11.9. The Hall–Kier alpha value is -3.06. The minimum absolute atomic E-state index is 0.141. The summed E-state index contributed by atoms with van der Waals surface area (Å²) in [5, 5.41) is 2.23. The van der Waals surface area contributed by atoms with Crippen molar-refractivity contribution in [1.82, 2.24) is 15.3 Å². The summed E-state index contributed by atoms with van der Waals surface area (Å²) in [7, 11) is 1.61. The van der Waals surface area contributed by atoms with E-state index < -0.39 is 0 Å². The number of nitrogens with zero attached hydrogens (tertiary/aromatic N) is 3. The van der Waals surface area contributed by atoms with Gasteiger partial charge >= 0.3 is 0 Å². The lowest BCUT2D eigenvalue weighted by Gasteiger charge is -2.30. The molecule has 1 aromatic carbocycles. The van der Waals surface area contributed by atoms with Crippen LogP contribution in [0.2, 0.25) is 0 Å². The fourth-order valence-electron chi connectivity index (χ4n) is 5.15. The Bertz CT molecular complexity index is 1030. The Labute approximate surface area is 195 Å². The summed E-state index contributed by atoms with van der Waals surface area (Å²) in [6.45, 7) is 8.17. The molecule has 2 aliphatic carbocycles. The van der Waals surface area contributed by atoms with Crippen LogP contribution < -0.4 is 14.9 Å². The third-order valence-electron chi connectivity index (χ3n) is 6.95. The second-order valence-electron chi connectivity index (χ2n) is 9.29. The highest BCUT2D eigenvalue weighted by molar-refractivity contribution is 6.17. The average molecular weight is 449 g/mol. The molecule has 1 amide bonds. The van der Waals surface area contributed by atoms with Crippen molar-refractivity contribution in [2.75, 3.05) is 20.2 Å². The smallest absolute Gasteiger partial charge is 0.295 e. The van der Waals surface area contributed by atoms with E-state index in [0.29, 0.717) is 23.2 Å². The summed E-state index contributed by atoms with van der Waals surface area (Å²) in [5.74, 6) is 4.11. The number of hydrazine groups is 1.